The molecule has 200 valence electrons. The van der Waals surface area contributed by atoms with Crippen LogP contribution in [0.1, 0.15) is 38.2 Å². The van der Waals surface area contributed by atoms with E-state index in [4.69, 9.17) is 32.7 Å². The zero-order valence-corrected chi connectivity index (χ0v) is 22.9. The van der Waals surface area contributed by atoms with Gasteiger partial charge in [0.15, 0.2) is 11.5 Å². The lowest BCUT2D eigenvalue weighted by Crippen LogP contribution is -2.52. The molecule has 4 rings (SSSR count). The molecule has 1 heterocycles. The van der Waals surface area contributed by atoms with Crippen molar-refractivity contribution in [2.24, 2.45) is 0 Å². The van der Waals surface area contributed by atoms with Crippen molar-refractivity contribution in [3.8, 4) is 11.5 Å². The zero-order chi connectivity index (χ0) is 26.7. The van der Waals surface area contributed by atoms with E-state index in [-0.39, 0.29) is 31.0 Å². The number of carbonyl (C=O) groups is 2. The summed E-state index contributed by atoms with van der Waals surface area (Å²) < 4.78 is 37.1. The van der Waals surface area contributed by atoms with Gasteiger partial charge in [-0.15, -0.1) is 0 Å². The van der Waals surface area contributed by atoms with Gasteiger partial charge in [0.2, 0.25) is 28.6 Å². The lowest BCUT2D eigenvalue weighted by molar-refractivity contribution is -0.139. The maximum Gasteiger partial charge on any atom is 0.244 e. The van der Waals surface area contributed by atoms with Gasteiger partial charge in [-0.25, -0.2) is 8.42 Å². The Labute approximate surface area is 226 Å². The summed E-state index contributed by atoms with van der Waals surface area (Å²) in [5.41, 5.74) is 0.821. The SMILES string of the molecule is C[C@@H](C(=O)NC1CCCC1)N(Cc1ccc(Cl)cc1Cl)C(=O)CN(c1ccc2c(c1)OCO2)S(C)(=O)=O. The fraction of sp³-hybridized carbons (Fsp3) is 0.440. The molecule has 2 aromatic rings. The predicted octanol–water partition coefficient (Wildman–Crippen LogP) is 3.96. The van der Waals surface area contributed by atoms with E-state index in [1.807, 2.05) is 0 Å². The first-order valence-corrected chi connectivity index (χ1v) is 14.5. The zero-order valence-electron chi connectivity index (χ0n) is 20.6. The molecule has 2 aliphatic rings. The Hall–Kier alpha value is -2.69. The fourth-order valence-electron chi connectivity index (χ4n) is 4.46. The number of nitrogens with one attached hydrogen (secondary N) is 1. The van der Waals surface area contributed by atoms with Crippen LogP contribution in [-0.4, -0.2) is 56.8 Å². The number of halogens is 2. The van der Waals surface area contributed by atoms with Gasteiger partial charge in [0, 0.05) is 28.7 Å². The van der Waals surface area contributed by atoms with E-state index in [2.05, 4.69) is 5.32 Å². The van der Waals surface area contributed by atoms with Crippen molar-refractivity contribution >= 4 is 50.7 Å². The van der Waals surface area contributed by atoms with Crippen LogP contribution in [0.2, 0.25) is 10.0 Å². The van der Waals surface area contributed by atoms with E-state index >= 15 is 0 Å². The van der Waals surface area contributed by atoms with Gasteiger partial charge in [-0.1, -0.05) is 42.1 Å². The van der Waals surface area contributed by atoms with E-state index in [0.717, 1.165) is 36.2 Å². The highest BCUT2D eigenvalue weighted by molar-refractivity contribution is 7.92. The molecule has 37 heavy (non-hydrogen) atoms. The summed E-state index contributed by atoms with van der Waals surface area (Å²) in [7, 11) is -3.87. The summed E-state index contributed by atoms with van der Waals surface area (Å²) >= 11 is 12.4. The smallest absolute Gasteiger partial charge is 0.244 e. The third kappa shape index (κ3) is 6.61. The summed E-state index contributed by atoms with van der Waals surface area (Å²) in [6.07, 6.45) is 4.88. The van der Waals surface area contributed by atoms with Gasteiger partial charge in [0.1, 0.15) is 12.6 Å². The Balaban J connectivity index is 1.61. The molecular weight excluding hydrogens is 541 g/mol. The topological polar surface area (TPSA) is 105 Å². The van der Waals surface area contributed by atoms with Crippen LogP contribution < -0.4 is 19.1 Å². The Morgan fingerprint density at radius 2 is 1.78 bits per heavy atom. The first kappa shape index (κ1) is 27.3. The summed E-state index contributed by atoms with van der Waals surface area (Å²) in [5, 5.41) is 3.79. The van der Waals surface area contributed by atoms with Crippen molar-refractivity contribution in [2.45, 2.75) is 51.2 Å². The van der Waals surface area contributed by atoms with E-state index in [1.165, 1.54) is 11.0 Å². The summed E-state index contributed by atoms with van der Waals surface area (Å²) in [6, 6.07) is 8.70. The quantitative estimate of drug-likeness (QED) is 0.490. The first-order chi connectivity index (χ1) is 17.5. The van der Waals surface area contributed by atoms with Crippen LogP contribution in [0.25, 0.3) is 0 Å². The van der Waals surface area contributed by atoms with Crippen molar-refractivity contribution in [3.05, 3.63) is 52.0 Å². The van der Waals surface area contributed by atoms with Crippen LogP contribution in [0, 0.1) is 0 Å². The van der Waals surface area contributed by atoms with Crippen molar-refractivity contribution in [1.82, 2.24) is 10.2 Å². The second kappa shape index (κ2) is 11.4. The molecule has 0 radical (unpaired) electrons. The number of fused-ring (bicyclic) bond motifs is 1. The molecule has 1 N–H and O–H groups in total. The lowest BCUT2D eigenvalue weighted by atomic mass is 10.1. The largest absolute Gasteiger partial charge is 0.454 e. The van der Waals surface area contributed by atoms with Gasteiger partial charge < -0.3 is 19.7 Å². The molecule has 0 saturated heterocycles. The van der Waals surface area contributed by atoms with E-state index in [0.29, 0.717) is 27.1 Å². The molecule has 1 saturated carbocycles. The predicted molar refractivity (Wildman–Crippen MR) is 142 cm³/mol. The number of nitrogens with zero attached hydrogens (tertiary/aromatic N) is 2. The minimum absolute atomic E-state index is 0.00711. The lowest BCUT2D eigenvalue weighted by Gasteiger charge is -2.32. The standard InChI is InChI=1S/C25H29Cl2N3O6S/c1-16(25(32)28-19-5-3-4-6-19)29(13-17-7-8-18(26)11-21(17)27)24(31)14-30(37(2,33)34)20-9-10-22-23(12-20)36-15-35-22/h7-12,16,19H,3-6,13-15H2,1-2H3,(H,28,32)/t16-/m0/s1. The molecule has 12 heteroatoms. The van der Waals surface area contributed by atoms with Gasteiger partial charge in [-0.3, -0.25) is 13.9 Å². The number of benzene rings is 2. The fourth-order valence-corrected chi connectivity index (χ4v) is 5.77. The van der Waals surface area contributed by atoms with Crippen molar-refractivity contribution in [2.75, 3.05) is 23.9 Å². The van der Waals surface area contributed by atoms with Crippen molar-refractivity contribution in [1.29, 1.82) is 0 Å². The Bertz CT molecular complexity index is 1280. The van der Waals surface area contributed by atoms with Crippen molar-refractivity contribution < 1.29 is 27.5 Å². The molecule has 0 bridgehead atoms. The van der Waals surface area contributed by atoms with Crippen LogP contribution in [0.3, 0.4) is 0 Å². The molecule has 1 aliphatic heterocycles. The van der Waals surface area contributed by atoms with Gasteiger partial charge in [0.05, 0.1) is 11.9 Å². The Kier molecular flexibility index (Phi) is 8.40. The maximum atomic E-state index is 13.7. The van der Waals surface area contributed by atoms with Gasteiger partial charge in [-0.2, -0.15) is 0 Å². The highest BCUT2D eigenvalue weighted by Gasteiger charge is 2.32. The number of sulfonamides is 1. The highest BCUT2D eigenvalue weighted by Crippen LogP contribution is 2.36. The minimum Gasteiger partial charge on any atom is -0.454 e. The number of ether oxygens (including phenoxy) is 2. The number of amides is 2. The molecule has 1 fully saturated rings. The Morgan fingerprint density at radius 3 is 2.46 bits per heavy atom. The average Bonchev–Trinajstić information content (AvgIpc) is 3.52. The van der Waals surface area contributed by atoms with Crippen LogP contribution >= 0.6 is 23.2 Å². The number of rotatable bonds is 9. The summed E-state index contributed by atoms with van der Waals surface area (Å²) in [5.74, 6) is -0.00467. The highest BCUT2D eigenvalue weighted by atomic mass is 35.5. The first-order valence-electron chi connectivity index (χ1n) is 11.9. The van der Waals surface area contributed by atoms with Gasteiger partial charge >= 0.3 is 0 Å². The third-order valence-electron chi connectivity index (χ3n) is 6.55. The number of anilines is 1. The Morgan fingerprint density at radius 1 is 1.08 bits per heavy atom. The van der Waals surface area contributed by atoms with E-state index < -0.39 is 28.5 Å². The summed E-state index contributed by atoms with van der Waals surface area (Å²) in [4.78, 5) is 28.2. The minimum atomic E-state index is -3.87. The normalized spacial score (nSPS) is 15.9. The number of hydrogen-bond acceptors (Lipinski definition) is 6. The van der Waals surface area contributed by atoms with Crippen LogP contribution in [0.15, 0.2) is 36.4 Å². The van der Waals surface area contributed by atoms with E-state index in [9.17, 15) is 18.0 Å². The van der Waals surface area contributed by atoms with Crippen molar-refractivity contribution in [3.63, 3.8) is 0 Å². The average molecular weight is 570 g/mol. The van der Waals surface area contributed by atoms with Gasteiger partial charge in [-0.05, 0) is 49.6 Å². The van der Waals surface area contributed by atoms with Gasteiger partial charge in [0.25, 0.3) is 0 Å². The molecule has 1 atom stereocenters. The van der Waals surface area contributed by atoms with Crippen LogP contribution in [0.4, 0.5) is 5.69 Å². The molecule has 1 aliphatic carbocycles. The maximum absolute atomic E-state index is 13.7. The van der Waals surface area contributed by atoms with E-state index in [1.54, 1.807) is 37.3 Å². The van der Waals surface area contributed by atoms with Crippen LogP contribution in [-0.2, 0) is 26.2 Å². The second-order valence-electron chi connectivity index (χ2n) is 9.23. The molecule has 0 spiro atoms. The molecule has 0 unspecified atom stereocenters. The molecule has 9 nitrogen and oxygen atoms in total. The molecule has 0 aromatic heterocycles. The molecular formula is C25H29Cl2N3O6S. The number of carbonyl (C=O) groups excluding carboxylic acids is 2. The molecule has 2 aromatic carbocycles. The summed E-state index contributed by atoms with van der Waals surface area (Å²) in [6.45, 7) is 1.12. The monoisotopic (exact) mass is 569 g/mol. The third-order valence-corrected chi connectivity index (χ3v) is 8.28. The number of hydrogen-bond donors (Lipinski definition) is 1. The second-order valence-corrected chi connectivity index (χ2v) is 12.0. The van der Waals surface area contributed by atoms with Crippen LogP contribution in [0.5, 0.6) is 11.5 Å². The molecule has 2 amide bonds.